The minimum atomic E-state index is 0.265. The summed E-state index contributed by atoms with van der Waals surface area (Å²) >= 11 is 0. The van der Waals surface area contributed by atoms with E-state index in [0.717, 1.165) is 19.6 Å². The molecule has 0 atom stereocenters. The van der Waals surface area contributed by atoms with Gasteiger partial charge < -0.3 is 10.9 Å². The second-order valence-corrected chi connectivity index (χ2v) is 5.02. The first-order valence-corrected chi connectivity index (χ1v) is 7.04. The van der Waals surface area contributed by atoms with Crippen molar-refractivity contribution in [2.75, 3.05) is 6.54 Å². The van der Waals surface area contributed by atoms with Crippen LogP contribution in [0, 0.1) is 0 Å². The first-order chi connectivity index (χ1) is 10.3. The monoisotopic (exact) mass is 283 g/mol. The minimum Gasteiger partial charge on any atom is -0.409 e. The molecule has 0 saturated heterocycles. The van der Waals surface area contributed by atoms with Crippen LogP contribution in [0.15, 0.2) is 65.8 Å². The number of rotatable bonds is 7. The second-order valence-electron chi connectivity index (χ2n) is 5.02. The highest BCUT2D eigenvalue weighted by atomic mass is 16.4. The number of nitrogens with two attached hydrogens (primary N) is 1. The molecule has 2 aromatic carbocycles. The van der Waals surface area contributed by atoms with E-state index in [0.29, 0.717) is 6.42 Å². The Morgan fingerprint density at radius 3 is 1.81 bits per heavy atom. The number of hydrogen-bond acceptors (Lipinski definition) is 3. The second kappa shape index (κ2) is 8.07. The summed E-state index contributed by atoms with van der Waals surface area (Å²) in [6, 6.07) is 20.6. The molecule has 0 radical (unpaired) electrons. The predicted molar refractivity (Wildman–Crippen MR) is 85.0 cm³/mol. The standard InChI is InChI=1S/C17H21N3O/c18-17(19-21)11-12-20(13-15-7-3-1-4-8-15)14-16-9-5-2-6-10-16/h1-10,21H,11-14H2,(H2,18,19). The van der Waals surface area contributed by atoms with Crippen LogP contribution < -0.4 is 5.73 Å². The lowest BCUT2D eigenvalue weighted by Gasteiger charge is -2.22. The van der Waals surface area contributed by atoms with Gasteiger partial charge in [-0.05, 0) is 11.1 Å². The largest absolute Gasteiger partial charge is 0.409 e. The van der Waals surface area contributed by atoms with Crippen molar-refractivity contribution < 1.29 is 5.21 Å². The summed E-state index contributed by atoms with van der Waals surface area (Å²) in [5.41, 5.74) is 8.10. The van der Waals surface area contributed by atoms with Gasteiger partial charge in [-0.25, -0.2) is 0 Å². The summed E-state index contributed by atoms with van der Waals surface area (Å²) in [4.78, 5) is 2.29. The van der Waals surface area contributed by atoms with Crippen LogP contribution in [0.5, 0.6) is 0 Å². The Hall–Kier alpha value is -2.33. The first kappa shape index (κ1) is 15.1. The van der Waals surface area contributed by atoms with Gasteiger partial charge in [0.1, 0.15) is 5.84 Å². The summed E-state index contributed by atoms with van der Waals surface area (Å²) in [6.45, 7) is 2.43. The smallest absolute Gasteiger partial charge is 0.140 e. The van der Waals surface area contributed by atoms with Gasteiger partial charge in [0.25, 0.3) is 0 Å². The fraction of sp³-hybridized carbons (Fsp3) is 0.235. The molecule has 2 aromatic rings. The van der Waals surface area contributed by atoms with Crippen LogP contribution in [-0.4, -0.2) is 22.5 Å². The molecule has 0 aliphatic carbocycles. The molecule has 2 rings (SSSR count). The number of hydrogen-bond donors (Lipinski definition) is 2. The molecular formula is C17H21N3O. The quantitative estimate of drug-likeness (QED) is 0.355. The molecule has 0 spiro atoms. The highest BCUT2D eigenvalue weighted by Gasteiger charge is 2.08. The zero-order valence-corrected chi connectivity index (χ0v) is 12.0. The zero-order valence-electron chi connectivity index (χ0n) is 12.0. The van der Waals surface area contributed by atoms with E-state index in [-0.39, 0.29) is 5.84 Å². The normalized spacial score (nSPS) is 11.8. The van der Waals surface area contributed by atoms with E-state index in [1.165, 1.54) is 11.1 Å². The van der Waals surface area contributed by atoms with Crippen molar-refractivity contribution in [1.82, 2.24) is 4.90 Å². The molecule has 0 saturated carbocycles. The maximum absolute atomic E-state index is 8.67. The van der Waals surface area contributed by atoms with Crippen LogP contribution in [-0.2, 0) is 13.1 Å². The average Bonchev–Trinajstić information content (AvgIpc) is 2.54. The summed E-state index contributed by atoms with van der Waals surface area (Å²) in [6.07, 6.45) is 0.552. The van der Waals surface area contributed by atoms with Crippen LogP contribution in [0.1, 0.15) is 17.5 Å². The van der Waals surface area contributed by atoms with E-state index in [1.807, 2.05) is 36.4 Å². The lowest BCUT2D eigenvalue weighted by molar-refractivity contribution is 0.261. The van der Waals surface area contributed by atoms with Crippen molar-refractivity contribution in [3.05, 3.63) is 71.8 Å². The van der Waals surface area contributed by atoms with Crippen molar-refractivity contribution >= 4 is 5.84 Å². The lowest BCUT2D eigenvalue weighted by atomic mass is 10.1. The molecule has 4 heteroatoms. The molecule has 4 nitrogen and oxygen atoms in total. The Labute approximate surface area is 125 Å². The van der Waals surface area contributed by atoms with E-state index in [4.69, 9.17) is 10.9 Å². The van der Waals surface area contributed by atoms with Gasteiger partial charge in [0, 0.05) is 26.1 Å². The molecule has 0 aromatic heterocycles. The predicted octanol–water partition coefficient (Wildman–Crippen LogP) is 2.83. The van der Waals surface area contributed by atoms with Crippen LogP contribution >= 0.6 is 0 Å². The van der Waals surface area contributed by atoms with Crippen molar-refractivity contribution in [2.24, 2.45) is 10.9 Å². The Kier molecular flexibility index (Phi) is 5.79. The van der Waals surface area contributed by atoms with E-state index in [2.05, 4.69) is 34.3 Å². The third-order valence-electron chi connectivity index (χ3n) is 3.31. The van der Waals surface area contributed by atoms with Crippen molar-refractivity contribution in [3.8, 4) is 0 Å². The van der Waals surface area contributed by atoms with E-state index in [9.17, 15) is 0 Å². The average molecular weight is 283 g/mol. The maximum atomic E-state index is 8.67. The van der Waals surface area contributed by atoms with Crippen LogP contribution in [0.3, 0.4) is 0 Å². The van der Waals surface area contributed by atoms with Gasteiger partial charge in [0.05, 0.1) is 0 Å². The molecule has 0 fully saturated rings. The fourth-order valence-corrected chi connectivity index (χ4v) is 2.22. The van der Waals surface area contributed by atoms with Crippen molar-refractivity contribution in [3.63, 3.8) is 0 Å². The molecule has 3 N–H and O–H groups in total. The molecule has 0 bridgehead atoms. The Morgan fingerprint density at radius 1 is 0.905 bits per heavy atom. The zero-order chi connectivity index (χ0) is 14.9. The molecule has 0 unspecified atom stereocenters. The van der Waals surface area contributed by atoms with Gasteiger partial charge in [-0.3, -0.25) is 4.90 Å². The highest BCUT2D eigenvalue weighted by Crippen LogP contribution is 2.10. The molecular weight excluding hydrogens is 262 g/mol. The van der Waals surface area contributed by atoms with Gasteiger partial charge in [0.15, 0.2) is 0 Å². The number of oxime groups is 1. The van der Waals surface area contributed by atoms with E-state index < -0.39 is 0 Å². The highest BCUT2D eigenvalue weighted by molar-refractivity contribution is 5.79. The Morgan fingerprint density at radius 2 is 1.38 bits per heavy atom. The topological polar surface area (TPSA) is 61.8 Å². The van der Waals surface area contributed by atoms with Gasteiger partial charge in [0.2, 0.25) is 0 Å². The van der Waals surface area contributed by atoms with Gasteiger partial charge in [-0.2, -0.15) is 0 Å². The van der Waals surface area contributed by atoms with Gasteiger partial charge in [-0.15, -0.1) is 0 Å². The summed E-state index contributed by atoms with van der Waals surface area (Å²) in [5, 5.41) is 11.7. The number of amidine groups is 1. The molecule has 0 aliphatic rings. The molecule has 0 amide bonds. The third kappa shape index (κ3) is 5.28. The molecule has 21 heavy (non-hydrogen) atoms. The third-order valence-corrected chi connectivity index (χ3v) is 3.31. The van der Waals surface area contributed by atoms with Crippen LogP contribution in [0.4, 0.5) is 0 Å². The molecule has 0 aliphatic heterocycles. The summed E-state index contributed by atoms with van der Waals surface area (Å²) in [7, 11) is 0. The maximum Gasteiger partial charge on any atom is 0.140 e. The molecule has 0 heterocycles. The van der Waals surface area contributed by atoms with Crippen molar-refractivity contribution in [2.45, 2.75) is 19.5 Å². The van der Waals surface area contributed by atoms with Gasteiger partial charge >= 0.3 is 0 Å². The molecule has 110 valence electrons. The Bertz CT molecular complexity index is 513. The van der Waals surface area contributed by atoms with Gasteiger partial charge in [-0.1, -0.05) is 65.8 Å². The SMILES string of the molecule is N/C(CCN(Cc1ccccc1)Cc1ccccc1)=N\O. The van der Waals surface area contributed by atoms with Crippen LogP contribution in [0.2, 0.25) is 0 Å². The van der Waals surface area contributed by atoms with E-state index >= 15 is 0 Å². The number of nitrogens with zero attached hydrogens (tertiary/aromatic N) is 2. The van der Waals surface area contributed by atoms with E-state index in [1.54, 1.807) is 0 Å². The first-order valence-electron chi connectivity index (χ1n) is 7.04. The summed E-state index contributed by atoms with van der Waals surface area (Å²) < 4.78 is 0. The van der Waals surface area contributed by atoms with Crippen molar-refractivity contribution in [1.29, 1.82) is 0 Å². The van der Waals surface area contributed by atoms with Crippen LogP contribution in [0.25, 0.3) is 0 Å². The fourth-order valence-electron chi connectivity index (χ4n) is 2.22. The number of benzene rings is 2. The Balaban J connectivity index is 2.02. The minimum absolute atomic E-state index is 0.265. The lowest BCUT2D eigenvalue weighted by Crippen LogP contribution is -2.27. The summed E-state index contributed by atoms with van der Waals surface area (Å²) in [5.74, 6) is 0.265.